The van der Waals surface area contributed by atoms with Crippen molar-refractivity contribution in [2.45, 2.75) is 63.7 Å². The van der Waals surface area contributed by atoms with Crippen molar-refractivity contribution >= 4 is 29.6 Å². The number of nitrogens with one attached hydrogen (secondary N) is 3. The van der Waals surface area contributed by atoms with Crippen LogP contribution in [-0.4, -0.2) is 69.1 Å². The van der Waals surface area contributed by atoms with Crippen molar-refractivity contribution in [3.05, 3.63) is 59.7 Å². The molecule has 0 aliphatic rings. The fraction of sp³-hybridized carbons (Fsp3) is 0.393. The van der Waals surface area contributed by atoms with Gasteiger partial charge in [0.2, 0.25) is 23.6 Å². The summed E-state index contributed by atoms with van der Waals surface area (Å²) >= 11 is 0. The van der Waals surface area contributed by atoms with Crippen LogP contribution in [0.1, 0.15) is 37.8 Å². The lowest BCUT2D eigenvalue weighted by Crippen LogP contribution is -2.58. The van der Waals surface area contributed by atoms with Gasteiger partial charge in [-0.15, -0.1) is 0 Å². The molecule has 0 fully saturated rings. The van der Waals surface area contributed by atoms with Gasteiger partial charge in [0.1, 0.15) is 29.6 Å². The minimum atomic E-state index is -1.25. The van der Waals surface area contributed by atoms with Crippen molar-refractivity contribution < 1.29 is 39.3 Å². The Morgan fingerprint density at radius 2 is 1.15 bits per heavy atom. The van der Waals surface area contributed by atoms with Crippen LogP contribution in [0.2, 0.25) is 0 Å². The smallest absolute Gasteiger partial charge is 0.326 e. The van der Waals surface area contributed by atoms with E-state index in [-0.39, 0.29) is 37.2 Å². The molecule has 0 heterocycles. The van der Waals surface area contributed by atoms with Crippen molar-refractivity contribution in [1.29, 1.82) is 0 Å². The van der Waals surface area contributed by atoms with Crippen LogP contribution in [0.25, 0.3) is 0 Å². The van der Waals surface area contributed by atoms with Crippen LogP contribution in [0.15, 0.2) is 48.5 Å². The second-order valence-corrected chi connectivity index (χ2v) is 10.0. The van der Waals surface area contributed by atoms with Gasteiger partial charge in [0.25, 0.3) is 0 Å². The summed E-state index contributed by atoms with van der Waals surface area (Å²) in [6.07, 6.45) is -0.288. The molecule has 13 heteroatoms. The first kappa shape index (κ1) is 32.6. The van der Waals surface area contributed by atoms with E-state index in [1.165, 1.54) is 24.3 Å². The van der Waals surface area contributed by atoms with Crippen LogP contribution < -0.4 is 27.4 Å². The van der Waals surface area contributed by atoms with E-state index in [0.717, 1.165) is 0 Å². The minimum absolute atomic E-state index is 0.00367. The van der Waals surface area contributed by atoms with Crippen LogP contribution in [0.5, 0.6) is 11.5 Å². The van der Waals surface area contributed by atoms with Gasteiger partial charge < -0.3 is 42.7 Å². The molecule has 0 aromatic heterocycles. The number of hydrogen-bond acceptors (Lipinski definition) is 8. The van der Waals surface area contributed by atoms with Crippen molar-refractivity contribution in [2.75, 3.05) is 0 Å². The fourth-order valence-electron chi connectivity index (χ4n) is 3.90. The molecule has 0 aliphatic carbocycles. The Balaban J connectivity index is 2.33. The Morgan fingerprint density at radius 1 is 0.732 bits per heavy atom. The number of aliphatic carboxylic acids is 1. The number of rotatable bonds is 15. The molecule has 41 heavy (non-hydrogen) atoms. The highest BCUT2D eigenvalue weighted by Gasteiger charge is 2.31. The minimum Gasteiger partial charge on any atom is -0.508 e. The molecular weight excluding hydrogens is 534 g/mol. The average Bonchev–Trinajstić information content (AvgIpc) is 2.91. The predicted molar refractivity (Wildman–Crippen MR) is 148 cm³/mol. The van der Waals surface area contributed by atoms with Crippen LogP contribution in [-0.2, 0) is 36.8 Å². The zero-order chi connectivity index (χ0) is 30.7. The van der Waals surface area contributed by atoms with Crippen LogP contribution in [0.4, 0.5) is 0 Å². The van der Waals surface area contributed by atoms with E-state index >= 15 is 0 Å². The van der Waals surface area contributed by atoms with Gasteiger partial charge in [-0.05, 0) is 47.7 Å². The monoisotopic (exact) mass is 571 g/mol. The first-order chi connectivity index (χ1) is 19.3. The highest BCUT2D eigenvalue weighted by atomic mass is 16.4. The SMILES string of the molecule is CC(C)C(NC(=O)C(Cc1ccc(O)cc1)NC(=O)C(Cc1ccc(O)cc1)NC(=O)C(N)CCC(N)=O)C(=O)O. The van der Waals surface area contributed by atoms with E-state index in [4.69, 9.17) is 11.5 Å². The summed E-state index contributed by atoms with van der Waals surface area (Å²) < 4.78 is 0. The highest BCUT2D eigenvalue weighted by Crippen LogP contribution is 2.14. The largest absolute Gasteiger partial charge is 0.508 e. The molecule has 4 atom stereocenters. The molecule has 0 saturated heterocycles. The van der Waals surface area contributed by atoms with E-state index in [9.17, 15) is 39.3 Å². The highest BCUT2D eigenvalue weighted by molar-refractivity contribution is 5.94. The normalized spacial score (nSPS) is 13.9. The molecule has 13 nitrogen and oxygen atoms in total. The van der Waals surface area contributed by atoms with E-state index in [1.807, 2.05) is 0 Å². The van der Waals surface area contributed by atoms with Crippen LogP contribution in [0, 0.1) is 5.92 Å². The van der Waals surface area contributed by atoms with E-state index in [1.54, 1.807) is 38.1 Å². The third kappa shape index (κ3) is 10.8. The summed E-state index contributed by atoms with van der Waals surface area (Å²) in [5.41, 5.74) is 12.1. The van der Waals surface area contributed by atoms with E-state index < -0.39 is 59.7 Å². The summed E-state index contributed by atoms with van der Waals surface area (Å²) in [4.78, 5) is 62.3. The van der Waals surface area contributed by atoms with Gasteiger partial charge in [0.05, 0.1) is 6.04 Å². The topological polar surface area (TPSA) is 234 Å². The lowest BCUT2D eigenvalue weighted by molar-refractivity contribution is -0.143. The molecule has 2 rings (SSSR count). The Kier molecular flexibility index (Phi) is 12.1. The number of benzene rings is 2. The third-order valence-corrected chi connectivity index (χ3v) is 6.29. The molecular formula is C28H37N5O8. The number of carbonyl (C=O) groups excluding carboxylic acids is 4. The Labute approximate surface area is 237 Å². The summed E-state index contributed by atoms with van der Waals surface area (Å²) in [6.45, 7) is 3.24. The number of carboxylic acids is 1. The van der Waals surface area contributed by atoms with E-state index in [2.05, 4.69) is 16.0 Å². The molecule has 0 spiro atoms. The average molecular weight is 572 g/mol. The Morgan fingerprint density at radius 3 is 1.54 bits per heavy atom. The zero-order valence-electron chi connectivity index (χ0n) is 22.9. The summed E-state index contributed by atoms with van der Waals surface area (Å²) in [5.74, 6) is -4.60. The molecule has 0 saturated carbocycles. The number of phenolic OH excluding ortho intramolecular Hbond substituents is 2. The van der Waals surface area contributed by atoms with Gasteiger partial charge in [-0.1, -0.05) is 38.1 Å². The summed E-state index contributed by atoms with van der Waals surface area (Å²) in [6, 6.07) is 6.96. The van der Waals surface area contributed by atoms with Gasteiger partial charge >= 0.3 is 5.97 Å². The molecule has 4 amide bonds. The van der Waals surface area contributed by atoms with Gasteiger partial charge in [0, 0.05) is 19.3 Å². The number of phenols is 2. The zero-order valence-corrected chi connectivity index (χ0v) is 22.9. The first-order valence-electron chi connectivity index (χ1n) is 13.0. The van der Waals surface area contributed by atoms with Crippen LogP contribution >= 0.6 is 0 Å². The van der Waals surface area contributed by atoms with Crippen molar-refractivity contribution in [1.82, 2.24) is 16.0 Å². The lowest BCUT2D eigenvalue weighted by Gasteiger charge is -2.26. The lowest BCUT2D eigenvalue weighted by atomic mass is 10.00. The van der Waals surface area contributed by atoms with Crippen molar-refractivity contribution in [2.24, 2.45) is 17.4 Å². The van der Waals surface area contributed by atoms with E-state index in [0.29, 0.717) is 11.1 Å². The Hall–Kier alpha value is -4.65. The maximum absolute atomic E-state index is 13.5. The number of primary amides is 1. The van der Waals surface area contributed by atoms with Gasteiger partial charge in [-0.3, -0.25) is 19.2 Å². The second-order valence-electron chi connectivity index (χ2n) is 10.0. The number of carboxylic acid groups (broad SMARTS) is 1. The number of nitrogens with two attached hydrogens (primary N) is 2. The van der Waals surface area contributed by atoms with Crippen molar-refractivity contribution in [3.63, 3.8) is 0 Å². The Bertz CT molecular complexity index is 1220. The van der Waals surface area contributed by atoms with Gasteiger partial charge in [-0.25, -0.2) is 4.79 Å². The molecule has 2 aromatic rings. The molecule has 0 aliphatic heterocycles. The third-order valence-electron chi connectivity index (χ3n) is 6.29. The molecule has 10 N–H and O–H groups in total. The second kappa shape index (κ2) is 15.2. The number of carbonyl (C=O) groups is 5. The van der Waals surface area contributed by atoms with Gasteiger partial charge in [-0.2, -0.15) is 0 Å². The molecule has 0 bridgehead atoms. The van der Waals surface area contributed by atoms with Gasteiger partial charge in [0.15, 0.2) is 0 Å². The van der Waals surface area contributed by atoms with Crippen molar-refractivity contribution in [3.8, 4) is 11.5 Å². The molecule has 0 radical (unpaired) electrons. The number of hydrogen-bond donors (Lipinski definition) is 8. The number of aromatic hydroxyl groups is 2. The summed E-state index contributed by atoms with van der Waals surface area (Å²) in [7, 11) is 0. The molecule has 222 valence electrons. The molecule has 2 aromatic carbocycles. The summed E-state index contributed by atoms with van der Waals surface area (Å²) in [5, 5.41) is 36.4. The quantitative estimate of drug-likeness (QED) is 0.140. The standard InChI is InChI=1S/C28H37N5O8/c1-15(2)24(28(40)41)33-27(39)22(14-17-5-9-19(35)10-6-17)32-26(38)21(13-16-3-7-18(34)8-4-16)31-25(37)20(29)11-12-23(30)36/h3-10,15,20-22,24,34-35H,11-14,29H2,1-2H3,(H2,30,36)(H,31,37)(H,32,38)(H,33,39)(H,40,41). The first-order valence-corrected chi connectivity index (χ1v) is 13.0. The fourth-order valence-corrected chi connectivity index (χ4v) is 3.90. The van der Waals surface area contributed by atoms with Crippen LogP contribution in [0.3, 0.4) is 0 Å². The maximum atomic E-state index is 13.5. The molecule has 4 unspecified atom stereocenters. The maximum Gasteiger partial charge on any atom is 0.326 e. The number of amides is 4. The predicted octanol–water partition coefficient (Wildman–Crippen LogP) is -0.329.